The molecule has 1 aromatic heterocycles. The highest BCUT2D eigenvalue weighted by molar-refractivity contribution is 5.83. The number of anilines is 1. The maximum absolute atomic E-state index is 12.7. The fraction of sp³-hybridized carbons (Fsp3) is 0.500. The third-order valence-corrected chi connectivity index (χ3v) is 5.07. The van der Waals surface area contributed by atoms with Gasteiger partial charge in [-0.1, -0.05) is 0 Å². The van der Waals surface area contributed by atoms with Gasteiger partial charge in [0.1, 0.15) is 24.3 Å². The molecule has 2 aliphatic rings. The molecule has 0 spiro atoms. The van der Waals surface area contributed by atoms with Gasteiger partial charge in [-0.05, 0) is 37.8 Å². The molecule has 0 aliphatic carbocycles. The maximum Gasteiger partial charge on any atom is 0.322 e. The molecule has 1 aromatic rings. The van der Waals surface area contributed by atoms with E-state index in [0.29, 0.717) is 31.5 Å². The van der Waals surface area contributed by atoms with Gasteiger partial charge in [0.2, 0.25) is 11.8 Å². The maximum atomic E-state index is 12.7. The summed E-state index contributed by atoms with van der Waals surface area (Å²) in [5.74, 6) is -1.99. The van der Waals surface area contributed by atoms with Crippen LogP contribution in [-0.2, 0) is 20.8 Å². The molecule has 4 N–H and O–H groups in total. The topological polar surface area (TPSA) is 153 Å². The van der Waals surface area contributed by atoms with Crippen molar-refractivity contribution in [1.82, 2.24) is 15.2 Å². The van der Waals surface area contributed by atoms with Crippen LogP contribution in [0.1, 0.15) is 31.0 Å². The van der Waals surface area contributed by atoms with E-state index in [2.05, 4.69) is 16.0 Å². The average Bonchev–Trinajstić information content (AvgIpc) is 3.27. The molecule has 28 heavy (non-hydrogen) atoms. The molecule has 0 aromatic carbocycles. The van der Waals surface area contributed by atoms with Crippen molar-refractivity contribution in [2.24, 2.45) is 5.92 Å². The first-order valence-corrected chi connectivity index (χ1v) is 9.08. The van der Waals surface area contributed by atoms with Crippen molar-refractivity contribution >= 4 is 23.5 Å². The number of hydrogen-bond donors (Lipinski definition) is 4. The van der Waals surface area contributed by atoms with Crippen molar-refractivity contribution in [3.63, 3.8) is 0 Å². The van der Waals surface area contributed by atoms with Crippen LogP contribution in [0.25, 0.3) is 0 Å². The monoisotopic (exact) mass is 387 g/mol. The number of carbonyl (C=O) groups excluding carboxylic acids is 2. The molecular weight excluding hydrogens is 366 g/mol. The molecule has 2 aliphatic heterocycles. The number of hydrogen-bond acceptors (Lipinski definition) is 6. The molecule has 10 heteroatoms. The number of rotatable bonds is 7. The molecule has 3 heterocycles. The van der Waals surface area contributed by atoms with Crippen LogP contribution in [-0.4, -0.2) is 46.6 Å². The highest BCUT2D eigenvalue weighted by Crippen LogP contribution is 2.25. The summed E-state index contributed by atoms with van der Waals surface area (Å²) in [4.78, 5) is 47.8. The average molecular weight is 387 g/mol. The van der Waals surface area contributed by atoms with Crippen molar-refractivity contribution in [2.75, 3.05) is 18.4 Å². The van der Waals surface area contributed by atoms with Crippen LogP contribution in [0.15, 0.2) is 16.9 Å². The Morgan fingerprint density at radius 2 is 2.14 bits per heavy atom. The summed E-state index contributed by atoms with van der Waals surface area (Å²) in [5, 5.41) is 26.0. The van der Waals surface area contributed by atoms with Crippen molar-refractivity contribution in [2.45, 2.75) is 37.8 Å². The number of aryl methyl sites for hydroxylation is 1. The fourth-order valence-electron chi connectivity index (χ4n) is 3.67. The fourth-order valence-corrected chi connectivity index (χ4v) is 3.67. The van der Waals surface area contributed by atoms with Gasteiger partial charge in [0.05, 0.1) is 6.07 Å². The van der Waals surface area contributed by atoms with Gasteiger partial charge in [-0.2, -0.15) is 5.26 Å². The number of amides is 2. The number of carboxylic acid groups (broad SMARTS) is 1. The van der Waals surface area contributed by atoms with Crippen LogP contribution < -0.4 is 21.5 Å². The number of nitrogens with zero attached hydrogens (tertiary/aromatic N) is 2. The molecule has 0 bridgehead atoms. The lowest BCUT2D eigenvalue weighted by Crippen LogP contribution is -2.42. The Labute approximate surface area is 160 Å². The summed E-state index contributed by atoms with van der Waals surface area (Å²) in [5.41, 5.74) is 0.306. The number of nitrogens with one attached hydrogen (secondary N) is 3. The van der Waals surface area contributed by atoms with Gasteiger partial charge in [-0.3, -0.25) is 23.7 Å². The first-order valence-electron chi connectivity index (χ1n) is 9.08. The Bertz CT molecular complexity index is 903. The smallest absolute Gasteiger partial charge is 0.322 e. The second-order valence-electron chi connectivity index (χ2n) is 6.92. The molecular formula is C18H21N5O5. The minimum Gasteiger partial charge on any atom is -0.480 e. The Morgan fingerprint density at radius 3 is 2.79 bits per heavy atom. The van der Waals surface area contributed by atoms with Crippen LogP contribution in [0, 0.1) is 17.2 Å². The van der Waals surface area contributed by atoms with E-state index in [4.69, 9.17) is 5.11 Å². The number of pyridine rings is 1. The third-order valence-electron chi connectivity index (χ3n) is 5.07. The predicted molar refractivity (Wildman–Crippen MR) is 97.5 cm³/mol. The summed E-state index contributed by atoms with van der Waals surface area (Å²) in [6, 6.07) is 3.60. The molecule has 148 valence electrons. The van der Waals surface area contributed by atoms with E-state index in [0.717, 1.165) is 0 Å². The molecule has 1 fully saturated rings. The standard InChI is InChI=1S/C18H21N5O5/c19-8-11(7-10-5-6-20-16(10)26)22-17(27)14-4-2-12-1-3-13(18(28)23(12)14)21-9-15(24)25/h1,3,10-11,14,21H,2,4-7,9H2,(H,20,26)(H,22,27)(H,24,25)/t10-,11-,14?/m0/s1. The summed E-state index contributed by atoms with van der Waals surface area (Å²) < 4.78 is 1.34. The van der Waals surface area contributed by atoms with Gasteiger partial charge < -0.3 is 21.1 Å². The van der Waals surface area contributed by atoms with Gasteiger partial charge in [-0.15, -0.1) is 0 Å². The minimum atomic E-state index is -1.10. The number of aromatic nitrogens is 1. The van der Waals surface area contributed by atoms with E-state index < -0.39 is 36.1 Å². The Balaban J connectivity index is 1.73. The molecule has 10 nitrogen and oxygen atoms in total. The van der Waals surface area contributed by atoms with Crippen molar-refractivity contribution < 1.29 is 19.5 Å². The van der Waals surface area contributed by atoms with Gasteiger partial charge in [0.15, 0.2) is 0 Å². The third kappa shape index (κ3) is 3.98. The molecule has 0 saturated carbocycles. The number of aliphatic carboxylic acids is 1. The van der Waals surface area contributed by atoms with E-state index in [-0.39, 0.29) is 23.9 Å². The van der Waals surface area contributed by atoms with Crippen molar-refractivity contribution in [3.05, 3.63) is 28.2 Å². The van der Waals surface area contributed by atoms with Gasteiger partial charge in [-0.25, -0.2) is 0 Å². The highest BCUT2D eigenvalue weighted by atomic mass is 16.4. The van der Waals surface area contributed by atoms with E-state index in [1.807, 2.05) is 6.07 Å². The van der Waals surface area contributed by atoms with E-state index in [1.165, 1.54) is 10.6 Å². The normalized spacial score (nSPS) is 21.3. The van der Waals surface area contributed by atoms with Crippen LogP contribution >= 0.6 is 0 Å². The predicted octanol–water partition coefficient (Wildman–Crippen LogP) is -0.633. The Morgan fingerprint density at radius 1 is 1.36 bits per heavy atom. The van der Waals surface area contributed by atoms with E-state index >= 15 is 0 Å². The lowest BCUT2D eigenvalue weighted by Gasteiger charge is -2.19. The van der Waals surface area contributed by atoms with Crippen molar-refractivity contribution in [1.29, 1.82) is 5.26 Å². The lowest BCUT2D eigenvalue weighted by atomic mass is 9.99. The van der Waals surface area contributed by atoms with Crippen LogP contribution in [0.4, 0.5) is 5.69 Å². The Hall–Kier alpha value is -3.35. The summed E-state index contributed by atoms with van der Waals surface area (Å²) in [6.45, 7) is 0.151. The Kier molecular flexibility index (Phi) is 5.63. The number of nitriles is 1. The molecule has 3 rings (SSSR count). The SMILES string of the molecule is N#C[C@H](C[C@@H]1CCNC1=O)NC(=O)C1CCc2ccc(NCC(=O)O)c(=O)n21. The van der Waals surface area contributed by atoms with E-state index in [9.17, 15) is 24.4 Å². The van der Waals surface area contributed by atoms with Crippen molar-refractivity contribution in [3.8, 4) is 6.07 Å². The largest absolute Gasteiger partial charge is 0.480 e. The first-order chi connectivity index (χ1) is 13.4. The first kappa shape index (κ1) is 19.4. The molecule has 0 radical (unpaired) electrons. The summed E-state index contributed by atoms with van der Waals surface area (Å²) in [7, 11) is 0. The molecule has 1 saturated heterocycles. The summed E-state index contributed by atoms with van der Waals surface area (Å²) >= 11 is 0. The second kappa shape index (κ2) is 8.12. The minimum absolute atomic E-state index is 0.102. The van der Waals surface area contributed by atoms with Gasteiger partial charge in [0, 0.05) is 18.2 Å². The highest BCUT2D eigenvalue weighted by Gasteiger charge is 2.33. The molecule has 2 amide bonds. The second-order valence-corrected chi connectivity index (χ2v) is 6.92. The summed E-state index contributed by atoms with van der Waals surface area (Å²) in [6.07, 6.45) is 1.78. The number of fused-ring (bicyclic) bond motifs is 1. The van der Waals surface area contributed by atoms with Crippen LogP contribution in [0.2, 0.25) is 0 Å². The zero-order valence-electron chi connectivity index (χ0n) is 15.1. The van der Waals surface area contributed by atoms with Crippen LogP contribution in [0.5, 0.6) is 0 Å². The molecule has 3 atom stereocenters. The number of carbonyl (C=O) groups is 3. The number of carboxylic acids is 1. The van der Waals surface area contributed by atoms with E-state index in [1.54, 1.807) is 6.07 Å². The lowest BCUT2D eigenvalue weighted by molar-refractivity contribution is -0.135. The zero-order chi connectivity index (χ0) is 20.3. The molecule has 1 unspecified atom stereocenters. The van der Waals surface area contributed by atoms with Gasteiger partial charge in [0.25, 0.3) is 5.56 Å². The zero-order valence-corrected chi connectivity index (χ0v) is 15.1. The quantitative estimate of drug-likeness (QED) is 0.486. The van der Waals surface area contributed by atoms with Gasteiger partial charge >= 0.3 is 5.97 Å². The van der Waals surface area contributed by atoms with Crippen LogP contribution in [0.3, 0.4) is 0 Å².